The predicted molar refractivity (Wildman–Crippen MR) is 136 cm³/mol. The number of thiazole rings is 1. The number of benzene rings is 2. The van der Waals surface area contributed by atoms with E-state index in [1.165, 1.54) is 11.3 Å². The summed E-state index contributed by atoms with van der Waals surface area (Å²) in [6, 6.07) is 12.5. The molecule has 0 radical (unpaired) electrons. The van der Waals surface area contributed by atoms with E-state index in [4.69, 9.17) is 14.2 Å². The van der Waals surface area contributed by atoms with Crippen LogP contribution >= 0.6 is 11.3 Å². The summed E-state index contributed by atoms with van der Waals surface area (Å²) in [5.74, 6) is 0.896. The van der Waals surface area contributed by atoms with Gasteiger partial charge in [0, 0.05) is 5.56 Å². The number of nitrogens with zero attached hydrogens (tertiary/aromatic N) is 2. The molecule has 0 fully saturated rings. The van der Waals surface area contributed by atoms with Crippen LogP contribution in [0.1, 0.15) is 43.5 Å². The van der Waals surface area contributed by atoms with E-state index in [-0.39, 0.29) is 12.2 Å². The Hall–Kier alpha value is -3.65. The van der Waals surface area contributed by atoms with E-state index in [1.807, 2.05) is 62.4 Å². The van der Waals surface area contributed by atoms with Gasteiger partial charge in [-0.15, -0.1) is 0 Å². The van der Waals surface area contributed by atoms with E-state index < -0.39 is 12.0 Å². The van der Waals surface area contributed by atoms with E-state index in [9.17, 15) is 9.59 Å². The number of hydrogen-bond acceptors (Lipinski definition) is 7. The van der Waals surface area contributed by atoms with Crippen LogP contribution in [-0.2, 0) is 9.53 Å². The molecule has 0 saturated carbocycles. The maximum absolute atomic E-state index is 13.8. The summed E-state index contributed by atoms with van der Waals surface area (Å²) in [5, 5.41) is 0. The first-order chi connectivity index (χ1) is 16.9. The van der Waals surface area contributed by atoms with Gasteiger partial charge in [-0.1, -0.05) is 35.6 Å². The number of carbonyl (C=O) groups is 1. The molecule has 182 valence electrons. The third kappa shape index (κ3) is 4.66. The fourth-order valence-corrected chi connectivity index (χ4v) is 5.27. The SMILES string of the molecule is CCOC(=O)C1=C(C)N=c2sc(=Cc3ccc(OC)c(C)c3)c(=O)n2[C@H]1c1ccccc1OCC. The molecule has 2 heterocycles. The van der Waals surface area contributed by atoms with Crippen molar-refractivity contribution in [1.82, 2.24) is 4.57 Å². The minimum absolute atomic E-state index is 0.219. The monoisotopic (exact) mass is 492 g/mol. The molecule has 1 aliphatic heterocycles. The third-order valence-corrected chi connectivity index (χ3v) is 6.73. The number of esters is 1. The van der Waals surface area contributed by atoms with E-state index >= 15 is 0 Å². The number of aromatic nitrogens is 1. The smallest absolute Gasteiger partial charge is 0.338 e. The third-order valence-electron chi connectivity index (χ3n) is 5.75. The lowest BCUT2D eigenvalue weighted by atomic mass is 9.95. The summed E-state index contributed by atoms with van der Waals surface area (Å²) < 4.78 is 18.7. The van der Waals surface area contributed by atoms with E-state index in [1.54, 1.807) is 25.5 Å². The number of para-hydroxylation sites is 1. The standard InChI is InChI=1S/C27H28N2O5S/c1-6-33-21-11-9-8-10-19(21)24-23(26(31)34-7-2)17(4)28-27-29(24)25(30)22(35-27)15-18-12-13-20(32-5)16(3)14-18/h8-15,24H,6-7H2,1-5H3/t24-/m0/s1. The van der Waals surface area contributed by atoms with Crippen molar-refractivity contribution in [3.8, 4) is 11.5 Å². The van der Waals surface area contributed by atoms with Crippen LogP contribution in [0.15, 0.2) is 63.5 Å². The van der Waals surface area contributed by atoms with E-state index in [0.29, 0.717) is 38.5 Å². The molecule has 0 amide bonds. The Balaban J connectivity index is 1.96. The molecular weight excluding hydrogens is 464 g/mol. The van der Waals surface area contributed by atoms with Crippen LogP contribution in [0.25, 0.3) is 6.08 Å². The van der Waals surface area contributed by atoms with Crippen molar-refractivity contribution in [1.29, 1.82) is 0 Å². The Labute approximate surface area is 207 Å². The zero-order valence-corrected chi connectivity index (χ0v) is 21.3. The molecule has 0 unspecified atom stereocenters. The fourth-order valence-electron chi connectivity index (χ4n) is 4.22. The first-order valence-corrected chi connectivity index (χ1v) is 12.3. The lowest BCUT2D eigenvalue weighted by Crippen LogP contribution is -2.40. The topological polar surface area (TPSA) is 79.1 Å². The molecule has 8 heteroatoms. The van der Waals surface area contributed by atoms with Crippen LogP contribution in [0, 0.1) is 6.92 Å². The Bertz CT molecular complexity index is 1480. The van der Waals surface area contributed by atoms with Gasteiger partial charge in [-0.05, 0) is 63.1 Å². The van der Waals surface area contributed by atoms with Crippen molar-refractivity contribution < 1.29 is 19.0 Å². The second-order valence-electron chi connectivity index (χ2n) is 8.00. The van der Waals surface area contributed by atoms with Crippen molar-refractivity contribution in [3.05, 3.63) is 90.1 Å². The maximum atomic E-state index is 13.8. The minimum Gasteiger partial charge on any atom is -0.496 e. The van der Waals surface area contributed by atoms with E-state index in [0.717, 1.165) is 16.9 Å². The largest absolute Gasteiger partial charge is 0.496 e. The van der Waals surface area contributed by atoms with Crippen molar-refractivity contribution in [2.45, 2.75) is 33.7 Å². The van der Waals surface area contributed by atoms with Crippen LogP contribution in [-0.4, -0.2) is 30.9 Å². The Kier molecular flexibility index (Phi) is 7.21. The second kappa shape index (κ2) is 10.3. The highest BCUT2D eigenvalue weighted by Gasteiger charge is 2.35. The molecule has 1 atom stereocenters. The van der Waals surface area contributed by atoms with Gasteiger partial charge in [0.25, 0.3) is 5.56 Å². The lowest BCUT2D eigenvalue weighted by molar-refractivity contribution is -0.139. The van der Waals surface area contributed by atoms with Crippen molar-refractivity contribution in [3.63, 3.8) is 0 Å². The average Bonchev–Trinajstić information content (AvgIpc) is 3.13. The number of allylic oxidation sites excluding steroid dienone is 1. The maximum Gasteiger partial charge on any atom is 0.338 e. The number of methoxy groups -OCH3 is 1. The van der Waals surface area contributed by atoms with Gasteiger partial charge < -0.3 is 14.2 Å². The van der Waals surface area contributed by atoms with Gasteiger partial charge in [0.15, 0.2) is 4.80 Å². The number of rotatable bonds is 7. The molecular formula is C27H28N2O5S. The van der Waals surface area contributed by atoms with Gasteiger partial charge in [0.2, 0.25) is 0 Å². The van der Waals surface area contributed by atoms with Crippen LogP contribution in [0.3, 0.4) is 0 Å². The summed E-state index contributed by atoms with van der Waals surface area (Å²) in [6.07, 6.45) is 1.84. The molecule has 0 aliphatic carbocycles. The number of aryl methyl sites for hydroxylation is 1. The molecule has 3 aromatic rings. The molecule has 0 spiro atoms. The molecule has 2 aromatic carbocycles. The quantitative estimate of drug-likeness (QED) is 0.472. The lowest BCUT2D eigenvalue weighted by Gasteiger charge is -2.26. The zero-order valence-electron chi connectivity index (χ0n) is 20.5. The Morgan fingerprint density at radius 1 is 1.11 bits per heavy atom. The van der Waals surface area contributed by atoms with Crippen molar-refractivity contribution in [2.75, 3.05) is 20.3 Å². The van der Waals surface area contributed by atoms with Gasteiger partial charge in [0.1, 0.15) is 17.5 Å². The molecule has 0 saturated heterocycles. The minimum atomic E-state index is -0.715. The number of ether oxygens (including phenoxy) is 3. The van der Waals surface area contributed by atoms with Crippen LogP contribution in [0.2, 0.25) is 0 Å². The summed E-state index contributed by atoms with van der Waals surface area (Å²) in [6.45, 7) is 8.04. The van der Waals surface area contributed by atoms with Crippen LogP contribution in [0.5, 0.6) is 11.5 Å². The molecule has 0 bridgehead atoms. The molecule has 35 heavy (non-hydrogen) atoms. The number of hydrogen-bond donors (Lipinski definition) is 0. The number of carbonyl (C=O) groups excluding carboxylic acids is 1. The molecule has 1 aliphatic rings. The van der Waals surface area contributed by atoms with Crippen LogP contribution < -0.4 is 24.4 Å². The Morgan fingerprint density at radius 3 is 2.57 bits per heavy atom. The van der Waals surface area contributed by atoms with Crippen LogP contribution in [0.4, 0.5) is 0 Å². The molecule has 1 aromatic heterocycles. The Morgan fingerprint density at radius 2 is 1.89 bits per heavy atom. The summed E-state index contributed by atoms with van der Waals surface area (Å²) in [7, 11) is 1.63. The van der Waals surface area contributed by atoms with Gasteiger partial charge in [0.05, 0.1) is 36.1 Å². The predicted octanol–water partition coefficient (Wildman–Crippen LogP) is 3.51. The summed E-state index contributed by atoms with van der Waals surface area (Å²) in [5.41, 5.74) is 3.18. The highest BCUT2D eigenvalue weighted by atomic mass is 32.1. The molecule has 0 N–H and O–H groups in total. The molecule has 4 rings (SSSR count). The van der Waals surface area contributed by atoms with E-state index in [2.05, 4.69) is 4.99 Å². The van der Waals surface area contributed by atoms with Crippen molar-refractivity contribution in [2.24, 2.45) is 4.99 Å². The fraction of sp³-hybridized carbons (Fsp3) is 0.296. The highest BCUT2D eigenvalue weighted by Crippen LogP contribution is 2.35. The first kappa shape index (κ1) is 24.5. The van der Waals surface area contributed by atoms with Gasteiger partial charge >= 0.3 is 5.97 Å². The van der Waals surface area contributed by atoms with Gasteiger partial charge in [-0.25, -0.2) is 9.79 Å². The summed E-state index contributed by atoms with van der Waals surface area (Å²) >= 11 is 1.29. The number of fused-ring (bicyclic) bond motifs is 1. The molecule has 7 nitrogen and oxygen atoms in total. The first-order valence-electron chi connectivity index (χ1n) is 11.5. The summed E-state index contributed by atoms with van der Waals surface area (Å²) in [4.78, 5) is 32.0. The second-order valence-corrected chi connectivity index (χ2v) is 9.01. The highest BCUT2D eigenvalue weighted by molar-refractivity contribution is 7.07. The average molecular weight is 493 g/mol. The van der Waals surface area contributed by atoms with Gasteiger partial charge in [-0.3, -0.25) is 9.36 Å². The van der Waals surface area contributed by atoms with Gasteiger partial charge in [-0.2, -0.15) is 0 Å². The normalized spacial score (nSPS) is 15.5. The zero-order chi connectivity index (χ0) is 25.1. The van der Waals surface area contributed by atoms with Crippen molar-refractivity contribution >= 4 is 23.4 Å².